The molecule has 1 N–H and O–H groups in total. The van der Waals surface area contributed by atoms with Crippen LogP contribution in [0.1, 0.15) is 30.7 Å². The van der Waals surface area contributed by atoms with Gasteiger partial charge in [-0.05, 0) is 25.5 Å². The van der Waals surface area contributed by atoms with Gasteiger partial charge in [0.2, 0.25) is 5.91 Å². The monoisotopic (exact) mass is 278 g/mol. The van der Waals surface area contributed by atoms with Crippen LogP contribution in [-0.2, 0) is 4.79 Å². The quantitative estimate of drug-likeness (QED) is 0.924. The number of carbonyl (C=O) groups excluding carboxylic acids is 1. The average molecular weight is 278 g/mol. The third kappa shape index (κ3) is 2.87. The number of nitrogens with zero attached hydrogens (tertiary/aromatic N) is 1. The van der Waals surface area contributed by atoms with Gasteiger partial charge in [0.25, 0.3) is 0 Å². The molecule has 2 heterocycles. The van der Waals surface area contributed by atoms with E-state index in [0.717, 1.165) is 22.6 Å². The molecule has 2 rings (SSSR count). The van der Waals surface area contributed by atoms with Crippen molar-refractivity contribution in [2.75, 3.05) is 7.11 Å². The van der Waals surface area contributed by atoms with E-state index in [9.17, 15) is 4.79 Å². The van der Waals surface area contributed by atoms with Crippen molar-refractivity contribution < 1.29 is 9.53 Å². The lowest BCUT2D eigenvalue weighted by Crippen LogP contribution is -2.31. The summed E-state index contributed by atoms with van der Waals surface area (Å²) in [5.74, 6) is 1.01. The minimum atomic E-state index is -0.0201. The molecule has 102 valence electrons. The zero-order valence-electron chi connectivity index (χ0n) is 11.6. The Kier molecular flexibility index (Phi) is 4.04. The molecule has 0 saturated heterocycles. The van der Waals surface area contributed by atoms with Gasteiger partial charge in [0.15, 0.2) is 0 Å². The Morgan fingerprint density at radius 1 is 1.63 bits per heavy atom. The molecule has 1 aromatic heterocycles. The number of ether oxygens (including phenoxy) is 1. The van der Waals surface area contributed by atoms with Gasteiger partial charge in [-0.15, -0.1) is 11.3 Å². The number of rotatable bonds is 3. The van der Waals surface area contributed by atoms with Crippen molar-refractivity contribution in [3.63, 3.8) is 0 Å². The van der Waals surface area contributed by atoms with E-state index in [2.05, 4.69) is 23.5 Å². The van der Waals surface area contributed by atoms with Crippen LogP contribution >= 0.6 is 11.3 Å². The summed E-state index contributed by atoms with van der Waals surface area (Å²) in [5.41, 5.74) is 5.64. The number of thiophene rings is 1. The molecule has 0 spiro atoms. The third-order valence-corrected chi connectivity index (χ3v) is 4.14. The summed E-state index contributed by atoms with van der Waals surface area (Å²) in [4.78, 5) is 12.5. The van der Waals surface area contributed by atoms with E-state index in [1.54, 1.807) is 18.4 Å². The number of hydrazone groups is 1. The molecule has 0 aliphatic carbocycles. The topological polar surface area (TPSA) is 50.7 Å². The van der Waals surface area contributed by atoms with Gasteiger partial charge in [-0.2, -0.15) is 5.10 Å². The summed E-state index contributed by atoms with van der Waals surface area (Å²) in [6, 6.07) is 0. The summed E-state index contributed by atoms with van der Waals surface area (Å²) < 4.78 is 5.35. The zero-order valence-corrected chi connectivity index (χ0v) is 12.4. The van der Waals surface area contributed by atoms with Crippen LogP contribution in [0.15, 0.2) is 16.1 Å². The van der Waals surface area contributed by atoms with Crippen molar-refractivity contribution in [3.05, 3.63) is 21.4 Å². The summed E-state index contributed by atoms with van der Waals surface area (Å²) in [5, 5.41) is 6.17. The van der Waals surface area contributed by atoms with Gasteiger partial charge >= 0.3 is 0 Å². The second-order valence-corrected chi connectivity index (χ2v) is 5.82. The molecule has 1 aromatic rings. The number of carbonyl (C=O) groups is 1. The van der Waals surface area contributed by atoms with Crippen molar-refractivity contribution in [3.8, 4) is 5.75 Å². The number of aryl methyl sites for hydroxylation is 1. The van der Waals surface area contributed by atoms with Crippen molar-refractivity contribution in [2.24, 2.45) is 11.0 Å². The first-order valence-corrected chi connectivity index (χ1v) is 7.08. The third-order valence-electron chi connectivity index (χ3n) is 3.23. The highest BCUT2D eigenvalue weighted by atomic mass is 32.1. The second kappa shape index (κ2) is 5.57. The molecule has 0 saturated carbocycles. The Balaban J connectivity index is 2.33. The first-order valence-electron chi connectivity index (χ1n) is 6.20. The molecular weight excluding hydrogens is 260 g/mol. The van der Waals surface area contributed by atoms with Crippen LogP contribution < -0.4 is 10.2 Å². The molecule has 1 amide bonds. The predicted octanol–water partition coefficient (Wildman–Crippen LogP) is 2.98. The SMILES string of the molecule is COc1csc(C)c1C=C(C)C1=NNC(=O)CC1C. The van der Waals surface area contributed by atoms with E-state index in [1.807, 2.05) is 19.2 Å². The van der Waals surface area contributed by atoms with Crippen LogP contribution in [0.2, 0.25) is 0 Å². The summed E-state index contributed by atoms with van der Waals surface area (Å²) in [6.45, 7) is 6.11. The molecule has 0 bridgehead atoms. The average Bonchev–Trinajstić information content (AvgIpc) is 2.70. The van der Waals surface area contributed by atoms with Crippen LogP contribution in [0, 0.1) is 12.8 Å². The molecular formula is C14H18N2O2S. The van der Waals surface area contributed by atoms with Gasteiger partial charge in [-0.1, -0.05) is 6.92 Å². The fourth-order valence-electron chi connectivity index (χ4n) is 2.19. The van der Waals surface area contributed by atoms with Crippen molar-refractivity contribution in [1.82, 2.24) is 5.43 Å². The van der Waals surface area contributed by atoms with Crippen molar-refractivity contribution >= 4 is 29.0 Å². The summed E-state index contributed by atoms with van der Waals surface area (Å²) in [6.07, 6.45) is 2.57. The van der Waals surface area contributed by atoms with E-state index in [0.29, 0.717) is 6.42 Å². The Hall–Kier alpha value is -1.62. The van der Waals surface area contributed by atoms with Crippen LogP contribution in [0.5, 0.6) is 5.75 Å². The lowest BCUT2D eigenvalue weighted by atomic mass is 9.93. The maximum absolute atomic E-state index is 11.3. The Morgan fingerprint density at radius 3 is 3.00 bits per heavy atom. The molecule has 1 aliphatic heterocycles. The van der Waals surface area contributed by atoms with Gasteiger partial charge in [-0.3, -0.25) is 4.79 Å². The maximum atomic E-state index is 11.3. The first-order chi connectivity index (χ1) is 9.02. The Labute approximate surface area is 117 Å². The molecule has 0 aromatic carbocycles. The minimum absolute atomic E-state index is 0.0201. The molecule has 1 atom stereocenters. The van der Waals surface area contributed by atoms with E-state index in [-0.39, 0.29) is 11.8 Å². The van der Waals surface area contributed by atoms with Crippen molar-refractivity contribution in [1.29, 1.82) is 0 Å². The number of hydrogen-bond donors (Lipinski definition) is 1. The maximum Gasteiger partial charge on any atom is 0.240 e. The van der Waals surface area contributed by atoms with Gasteiger partial charge < -0.3 is 4.74 Å². The second-order valence-electron chi connectivity index (χ2n) is 4.74. The van der Waals surface area contributed by atoms with Gasteiger partial charge in [0.1, 0.15) is 5.75 Å². The summed E-state index contributed by atoms with van der Waals surface area (Å²) >= 11 is 1.67. The largest absolute Gasteiger partial charge is 0.495 e. The standard InChI is InChI=1S/C14H18N2O2S/c1-8(14-9(2)6-13(17)15-16-14)5-11-10(3)19-7-12(11)18-4/h5,7,9H,6H2,1-4H3,(H,15,17). The molecule has 1 aliphatic rings. The Bertz CT molecular complexity index is 558. The van der Waals surface area contributed by atoms with Gasteiger partial charge in [-0.25, -0.2) is 5.43 Å². The highest BCUT2D eigenvalue weighted by Crippen LogP contribution is 2.31. The lowest BCUT2D eigenvalue weighted by Gasteiger charge is -2.19. The van der Waals surface area contributed by atoms with E-state index >= 15 is 0 Å². The molecule has 4 nitrogen and oxygen atoms in total. The van der Waals surface area contributed by atoms with Gasteiger partial charge in [0, 0.05) is 28.2 Å². The van der Waals surface area contributed by atoms with Crippen molar-refractivity contribution in [2.45, 2.75) is 27.2 Å². The van der Waals surface area contributed by atoms with E-state index in [1.165, 1.54) is 4.88 Å². The van der Waals surface area contributed by atoms with Crippen LogP contribution in [0.4, 0.5) is 0 Å². The normalized spacial score (nSPS) is 20.0. The molecule has 19 heavy (non-hydrogen) atoms. The highest BCUT2D eigenvalue weighted by molar-refractivity contribution is 7.10. The van der Waals surface area contributed by atoms with E-state index in [4.69, 9.17) is 4.74 Å². The van der Waals surface area contributed by atoms with Crippen LogP contribution in [0.25, 0.3) is 6.08 Å². The first kappa shape index (κ1) is 13.8. The number of amides is 1. The lowest BCUT2D eigenvalue weighted by molar-refractivity contribution is -0.121. The van der Waals surface area contributed by atoms with Crippen LogP contribution in [-0.4, -0.2) is 18.7 Å². The van der Waals surface area contributed by atoms with E-state index < -0.39 is 0 Å². The number of nitrogens with one attached hydrogen (secondary N) is 1. The zero-order chi connectivity index (χ0) is 14.0. The molecule has 0 radical (unpaired) electrons. The highest BCUT2D eigenvalue weighted by Gasteiger charge is 2.21. The predicted molar refractivity (Wildman–Crippen MR) is 78.6 cm³/mol. The molecule has 1 unspecified atom stereocenters. The number of hydrogen-bond acceptors (Lipinski definition) is 4. The molecule has 0 fully saturated rings. The number of methoxy groups -OCH3 is 1. The van der Waals surface area contributed by atoms with Crippen LogP contribution in [0.3, 0.4) is 0 Å². The summed E-state index contributed by atoms with van der Waals surface area (Å²) in [7, 11) is 1.68. The Morgan fingerprint density at radius 2 is 2.37 bits per heavy atom. The number of allylic oxidation sites excluding steroid dienone is 1. The smallest absolute Gasteiger partial charge is 0.240 e. The fraction of sp³-hybridized carbons (Fsp3) is 0.429. The molecule has 5 heteroatoms. The fourth-order valence-corrected chi connectivity index (χ4v) is 2.99. The minimum Gasteiger partial charge on any atom is -0.495 e. The van der Waals surface area contributed by atoms with Gasteiger partial charge in [0.05, 0.1) is 12.8 Å².